The van der Waals surface area contributed by atoms with Crippen molar-refractivity contribution in [3.8, 4) is 0 Å². The number of benzene rings is 1. The van der Waals surface area contributed by atoms with Crippen LogP contribution in [0.3, 0.4) is 0 Å². The van der Waals surface area contributed by atoms with Crippen LogP contribution < -0.4 is 5.32 Å². The Balaban J connectivity index is 0.00000147. The fourth-order valence-electron chi connectivity index (χ4n) is 2.85. The van der Waals surface area contributed by atoms with E-state index in [0.29, 0.717) is 0 Å². The predicted octanol–water partition coefficient (Wildman–Crippen LogP) is 3.34. The Kier molecular flexibility index (Phi) is 4.92. The molecule has 4 heteroatoms. The number of carbonyl (C=O) groups is 1. The summed E-state index contributed by atoms with van der Waals surface area (Å²) < 4.78 is 0. The van der Waals surface area contributed by atoms with E-state index < -0.39 is 0 Å². The molecule has 1 heterocycles. The van der Waals surface area contributed by atoms with E-state index in [4.69, 9.17) is 0 Å². The fourth-order valence-corrected chi connectivity index (χ4v) is 2.85. The number of carbonyl (C=O) groups excluding carboxylic acids is 1. The third-order valence-electron chi connectivity index (χ3n) is 4.17. The minimum absolute atomic E-state index is 0. The van der Waals surface area contributed by atoms with E-state index in [-0.39, 0.29) is 18.3 Å². The van der Waals surface area contributed by atoms with Crippen LogP contribution in [0, 0.1) is 5.92 Å². The summed E-state index contributed by atoms with van der Waals surface area (Å²) in [5.41, 5.74) is 3.28. The van der Waals surface area contributed by atoms with Crippen LogP contribution in [0.15, 0.2) is 18.2 Å². The molecular weight excluding hydrogens is 272 g/mol. The van der Waals surface area contributed by atoms with Gasteiger partial charge < -0.3 is 10.2 Å². The van der Waals surface area contributed by atoms with E-state index in [1.165, 1.54) is 18.4 Å². The third kappa shape index (κ3) is 3.09. The Morgan fingerprint density at radius 1 is 1.40 bits per heavy atom. The molecule has 0 unspecified atom stereocenters. The largest absolute Gasteiger partial charge is 0.385 e. The lowest BCUT2D eigenvalue weighted by molar-refractivity contribution is 0.0756. The molecule has 1 saturated carbocycles. The summed E-state index contributed by atoms with van der Waals surface area (Å²) in [7, 11) is 0. The molecule has 1 aromatic rings. The molecule has 1 aliphatic carbocycles. The van der Waals surface area contributed by atoms with Crippen molar-refractivity contribution in [1.82, 2.24) is 4.90 Å². The molecule has 0 saturated heterocycles. The Labute approximate surface area is 127 Å². The van der Waals surface area contributed by atoms with E-state index in [2.05, 4.69) is 18.3 Å². The van der Waals surface area contributed by atoms with Gasteiger partial charge in [-0.2, -0.15) is 0 Å². The van der Waals surface area contributed by atoms with Gasteiger partial charge in [0.1, 0.15) is 0 Å². The zero-order valence-electron chi connectivity index (χ0n) is 12.0. The molecule has 0 bridgehead atoms. The molecule has 0 atom stereocenters. The van der Waals surface area contributed by atoms with Gasteiger partial charge in [-0.1, -0.05) is 6.07 Å². The molecule has 0 radical (unpaired) electrons. The van der Waals surface area contributed by atoms with E-state index in [9.17, 15) is 4.79 Å². The standard InChI is InChI=1S/C16H22N2O.ClH/c1-2-18(11-12-8-9-12)16(19)14-5-3-7-15-13(14)6-4-10-17-15;/h3,5,7,12,17H,2,4,6,8-11H2,1H3;1H. The van der Waals surface area contributed by atoms with Crippen LogP contribution in [-0.2, 0) is 6.42 Å². The van der Waals surface area contributed by atoms with Crippen molar-refractivity contribution in [2.45, 2.75) is 32.6 Å². The maximum Gasteiger partial charge on any atom is 0.254 e. The van der Waals surface area contributed by atoms with E-state index in [0.717, 1.165) is 49.6 Å². The van der Waals surface area contributed by atoms with Crippen LogP contribution >= 0.6 is 12.4 Å². The number of anilines is 1. The molecule has 1 aromatic carbocycles. The van der Waals surface area contributed by atoms with Gasteiger partial charge in [-0.3, -0.25) is 4.79 Å². The minimum Gasteiger partial charge on any atom is -0.385 e. The first-order chi connectivity index (χ1) is 9.29. The van der Waals surface area contributed by atoms with E-state index >= 15 is 0 Å². The average Bonchev–Trinajstić information content (AvgIpc) is 3.27. The summed E-state index contributed by atoms with van der Waals surface area (Å²) in [6, 6.07) is 6.07. The van der Waals surface area contributed by atoms with Crippen molar-refractivity contribution in [1.29, 1.82) is 0 Å². The van der Waals surface area contributed by atoms with Crippen LogP contribution in [0.25, 0.3) is 0 Å². The van der Waals surface area contributed by atoms with Crippen LogP contribution in [0.2, 0.25) is 0 Å². The number of hydrogen-bond donors (Lipinski definition) is 1. The highest BCUT2D eigenvalue weighted by molar-refractivity contribution is 5.97. The Bertz CT molecular complexity index is 485. The maximum atomic E-state index is 12.7. The van der Waals surface area contributed by atoms with Gasteiger partial charge >= 0.3 is 0 Å². The van der Waals surface area contributed by atoms with Gasteiger partial charge in [0.05, 0.1) is 0 Å². The molecule has 0 aromatic heterocycles. The highest BCUT2D eigenvalue weighted by Crippen LogP contribution is 2.31. The van der Waals surface area contributed by atoms with Crippen LogP contribution in [0.1, 0.15) is 42.1 Å². The van der Waals surface area contributed by atoms with Crippen molar-refractivity contribution >= 4 is 24.0 Å². The first kappa shape index (κ1) is 15.2. The summed E-state index contributed by atoms with van der Waals surface area (Å²) in [5, 5.41) is 3.40. The molecule has 110 valence electrons. The van der Waals surface area contributed by atoms with Crippen molar-refractivity contribution in [3.63, 3.8) is 0 Å². The first-order valence-electron chi connectivity index (χ1n) is 7.44. The second-order valence-electron chi connectivity index (χ2n) is 5.65. The first-order valence-corrected chi connectivity index (χ1v) is 7.44. The second-order valence-corrected chi connectivity index (χ2v) is 5.65. The smallest absolute Gasteiger partial charge is 0.254 e. The molecule has 1 aliphatic heterocycles. The lowest BCUT2D eigenvalue weighted by atomic mass is 9.96. The lowest BCUT2D eigenvalue weighted by Gasteiger charge is -2.25. The number of amides is 1. The topological polar surface area (TPSA) is 32.3 Å². The second kappa shape index (κ2) is 6.49. The number of nitrogens with one attached hydrogen (secondary N) is 1. The average molecular weight is 295 g/mol. The SMILES string of the molecule is CCN(CC1CC1)C(=O)c1cccc2c1CCCN2.Cl. The Hall–Kier alpha value is -1.22. The summed E-state index contributed by atoms with van der Waals surface area (Å²) in [5.74, 6) is 0.969. The highest BCUT2D eigenvalue weighted by Gasteiger charge is 2.28. The number of nitrogens with zero attached hydrogens (tertiary/aromatic N) is 1. The van der Waals surface area contributed by atoms with Crippen molar-refractivity contribution in [3.05, 3.63) is 29.3 Å². The number of fused-ring (bicyclic) bond motifs is 1. The summed E-state index contributed by atoms with van der Waals surface area (Å²) >= 11 is 0. The zero-order valence-corrected chi connectivity index (χ0v) is 12.8. The van der Waals surface area contributed by atoms with E-state index in [1.807, 2.05) is 17.0 Å². The fraction of sp³-hybridized carbons (Fsp3) is 0.562. The van der Waals surface area contributed by atoms with Gasteiger partial charge in [-0.05, 0) is 56.2 Å². The number of halogens is 1. The van der Waals surface area contributed by atoms with Crippen molar-refractivity contribution < 1.29 is 4.79 Å². The quantitative estimate of drug-likeness (QED) is 0.924. The summed E-state index contributed by atoms with van der Waals surface area (Å²) in [6.07, 6.45) is 4.72. The normalized spacial score (nSPS) is 16.6. The molecule has 1 amide bonds. The molecule has 2 aliphatic rings. The molecule has 3 rings (SSSR count). The molecule has 1 fully saturated rings. The molecule has 3 nitrogen and oxygen atoms in total. The lowest BCUT2D eigenvalue weighted by Crippen LogP contribution is -2.33. The maximum absolute atomic E-state index is 12.7. The van der Waals surface area contributed by atoms with Crippen LogP contribution in [0.5, 0.6) is 0 Å². The van der Waals surface area contributed by atoms with Gasteiger partial charge in [0.15, 0.2) is 0 Å². The monoisotopic (exact) mass is 294 g/mol. The minimum atomic E-state index is 0. The Morgan fingerprint density at radius 3 is 2.90 bits per heavy atom. The zero-order chi connectivity index (χ0) is 13.2. The van der Waals surface area contributed by atoms with Crippen LogP contribution in [-0.4, -0.2) is 30.4 Å². The number of hydrogen-bond acceptors (Lipinski definition) is 2. The van der Waals surface area contributed by atoms with Gasteiger partial charge in [0.2, 0.25) is 0 Å². The Morgan fingerprint density at radius 2 is 2.20 bits per heavy atom. The predicted molar refractivity (Wildman–Crippen MR) is 84.8 cm³/mol. The number of rotatable bonds is 4. The van der Waals surface area contributed by atoms with Crippen molar-refractivity contribution in [2.75, 3.05) is 25.0 Å². The van der Waals surface area contributed by atoms with Gasteiger partial charge in [-0.25, -0.2) is 0 Å². The third-order valence-corrected chi connectivity index (χ3v) is 4.17. The van der Waals surface area contributed by atoms with Gasteiger partial charge in [0, 0.05) is 30.9 Å². The molecular formula is C16H23ClN2O. The highest BCUT2D eigenvalue weighted by atomic mass is 35.5. The van der Waals surface area contributed by atoms with Gasteiger partial charge in [-0.15, -0.1) is 12.4 Å². The summed E-state index contributed by atoms with van der Waals surface area (Å²) in [4.78, 5) is 14.7. The molecule has 20 heavy (non-hydrogen) atoms. The summed E-state index contributed by atoms with van der Waals surface area (Å²) in [6.45, 7) is 4.84. The van der Waals surface area contributed by atoms with Crippen LogP contribution in [0.4, 0.5) is 5.69 Å². The van der Waals surface area contributed by atoms with Gasteiger partial charge in [0.25, 0.3) is 5.91 Å². The van der Waals surface area contributed by atoms with Crippen molar-refractivity contribution in [2.24, 2.45) is 5.92 Å². The van der Waals surface area contributed by atoms with E-state index in [1.54, 1.807) is 0 Å². The molecule has 0 spiro atoms. The molecule has 1 N–H and O–H groups in total.